The number of fused-ring (bicyclic) bond motifs is 3. The zero-order chi connectivity index (χ0) is 24.9. The van der Waals surface area contributed by atoms with Crippen molar-refractivity contribution in [2.75, 3.05) is 20.3 Å². The van der Waals surface area contributed by atoms with Crippen molar-refractivity contribution in [2.24, 2.45) is 0 Å². The highest BCUT2D eigenvalue weighted by Crippen LogP contribution is 2.46. The number of rotatable bonds is 4. The number of hydrogen-bond donors (Lipinski definition) is 1. The minimum atomic E-state index is -5.24. The highest BCUT2D eigenvalue weighted by atomic mass is 32.2. The summed E-state index contributed by atoms with van der Waals surface area (Å²) in [6.07, 6.45) is -3.96. The van der Waals surface area contributed by atoms with Crippen molar-refractivity contribution in [3.8, 4) is 11.5 Å². The maximum Gasteiger partial charge on any atom is 0.491 e. The summed E-state index contributed by atoms with van der Waals surface area (Å²) >= 11 is 0. The molecule has 0 spiro atoms. The molecule has 2 heterocycles. The van der Waals surface area contributed by atoms with E-state index >= 15 is 0 Å². The molecule has 0 saturated heterocycles. The van der Waals surface area contributed by atoms with Crippen LogP contribution in [0.15, 0.2) is 47.5 Å². The van der Waals surface area contributed by atoms with E-state index < -0.39 is 27.9 Å². The lowest BCUT2D eigenvalue weighted by Crippen LogP contribution is -2.46. The first-order valence-electron chi connectivity index (χ1n) is 10.1. The van der Waals surface area contributed by atoms with Gasteiger partial charge in [-0.2, -0.15) is 13.2 Å². The number of carbonyl (C=O) groups excluding carboxylic acids is 1. The summed E-state index contributed by atoms with van der Waals surface area (Å²) in [5.74, 6) is -2.29. The predicted molar refractivity (Wildman–Crippen MR) is 115 cm³/mol. The predicted octanol–water partition coefficient (Wildman–Crippen LogP) is 3.46. The second-order valence-electron chi connectivity index (χ2n) is 7.79. The molecule has 8 nitrogen and oxygen atoms in total. The van der Waals surface area contributed by atoms with E-state index in [9.17, 15) is 26.4 Å². The molecule has 0 aliphatic carbocycles. The van der Waals surface area contributed by atoms with E-state index in [0.29, 0.717) is 5.56 Å². The zero-order valence-corrected chi connectivity index (χ0v) is 19.2. The van der Waals surface area contributed by atoms with Gasteiger partial charge in [0.15, 0.2) is 17.2 Å². The van der Waals surface area contributed by atoms with Gasteiger partial charge in [-0.15, -0.1) is 0 Å². The third-order valence-corrected chi connectivity index (χ3v) is 7.39. The van der Waals surface area contributed by atoms with Crippen molar-refractivity contribution >= 4 is 26.9 Å². The van der Waals surface area contributed by atoms with Crippen molar-refractivity contribution in [3.05, 3.63) is 53.7 Å². The zero-order valence-electron chi connectivity index (χ0n) is 18.4. The molecule has 0 bridgehead atoms. The van der Waals surface area contributed by atoms with Gasteiger partial charge in [0, 0.05) is 24.2 Å². The Labute approximate surface area is 193 Å². The lowest BCUT2D eigenvalue weighted by Gasteiger charge is -2.31. The van der Waals surface area contributed by atoms with Crippen molar-refractivity contribution in [1.29, 1.82) is 0 Å². The molecule has 0 fully saturated rings. The molecule has 12 heteroatoms. The molecule has 1 N–H and O–H groups in total. The van der Waals surface area contributed by atoms with E-state index in [2.05, 4.69) is 5.32 Å². The number of aromatic nitrogens is 1. The summed E-state index contributed by atoms with van der Waals surface area (Å²) in [5.41, 5.74) is -1.36. The summed E-state index contributed by atoms with van der Waals surface area (Å²) in [6.45, 7) is 2.98. The van der Waals surface area contributed by atoms with Crippen LogP contribution in [-0.2, 0) is 25.3 Å². The Kier molecular flexibility index (Phi) is 5.76. The van der Waals surface area contributed by atoms with E-state index in [-0.39, 0.29) is 46.0 Å². The molecule has 1 unspecified atom stereocenters. The number of benzene rings is 2. The van der Waals surface area contributed by atoms with E-state index in [4.69, 9.17) is 14.2 Å². The second kappa shape index (κ2) is 8.20. The number of alkyl halides is 3. The number of nitrogens with one attached hydrogen (secondary N) is 1. The van der Waals surface area contributed by atoms with E-state index in [1.165, 1.54) is 38.4 Å². The molecule has 3 aromatic rings. The average molecular weight is 498 g/mol. The number of halogens is 3. The lowest BCUT2D eigenvalue weighted by molar-refractivity contribution is -0.216. The largest absolute Gasteiger partial charge is 0.493 e. The Balaban J connectivity index is 2.00. The third-order valence-electron chi connectivity index (χ3n) is 5.54. The molecule has 0 radical (unpaired) electrons. The second-order valence-corrected chi connectivity index (χ2v) is 9.58. The van der Waals surface area contributed by atoms with Gasteiger partial charge in [-0.1, -0.05) is 18.2 Å². The van der Waals surface area contributed by atoms with Crippen LogP contribution in [0.4, 0.5) is 13.2 Å². The van der Waals surface area contributed by atoms with Crippen LogP contribution >= 0.6 is 0 Å². The van der Waals surface area contributed by atoms with Gasteiger partial charge in [0.2, 0.25) is 0 Å². The Morgan fingerprint density at radius 2 is 1.94 bits per heavy atom. The van der Waals surface area contributed by atoms with Gasteiger partial charge in [0.1, 0.15) is 6.61 Å². The van der Waals surface area contributed by atoms with E-state index in [1.807, 2.05) is 0 Å². The Morgan fingerprint density at radius 3 is 2.59 bits per heavy atom. The van der Waals surface area contributed by atoms with Crippen molar-refractivity contribution in [3.63, 3.8) is 0 Å². The first-order valence-corrected chi connectivity index (χ1v) is 11.6. The van der Waals surface area contributed by atoms with Crippen LogP contribution < -0.4 is 14.8 Å². The van der Waals surface area contributed by atoms with E-state index in [1.54, 1.807) is 25.1 Å². The smallest absolute Gasteiger partial charge is 0.491 e. The van der Waals surface area contributed by atoms with Crippen molar-refractivity contribution in [2.45, 2.75) is 30.6 Å². The van der Waals surface area contributed by atoms with Gasteiger partial charge < -0.3 is 14.2 Å². The summed E-state index contributed by atoms with van der Waals surface area (Å²) in [7, 11) is -2.77. The van der Waals surface area contributed by atoms with Gasteiger partial charge >= 0.3 is 12.1 Å². The molecular formula is C22H21F3N2O6S. The van der Waals surface area contributed by atoms with Gasteiger partial charge in [-0.3, -0.25) is 5.32 Å². The standard InChI is InChI=1S/C22H21F3N2O6S/c1-13-6-4-5-7-17(13)34(29,30)27-10-8-14-15(27)12-16(31-3)19-18(14)21(2,26-9-11-32-19)33-20(28)22(23,24)25/h4-8,10,12,26H,9,11H2,1-3H3. The highest BCUT2D eigenvalue weighted by molar-refractivity contribution is 7.90. The molecule has 0 saturated carbocycles. The van der Waals surface area contributed by atoms with Crippen LogP contribution in [0.25, 0.3) is 10.9 Å². The summed E-state index contributed by atoms with van der Waals surface area (Å²) < 4.78 is 83.1. The van der Waals surface area contributed by atoms with Crippen molar-refractivity contribution < 1.29 is 40.6 Å². The Bertz CT molecular complexity index is 1380. The average Bonchev–Trinajstić information content (AvgIpc) is 3.11. The molecule has 34 heavy (non-hydrogen) atoms. The number of nitrogens with zero attached hydrogens (tertiary/aromatic N) is 1. The van der Waals surface area contributed by atoms with Crippen LogP contribution in [0, 0.1) is 6.92 Å². The maximum absolute atomic E-state index is 13.5. The first-order chi connectivity index (χ1) is 15.9. The molecule has 0 amide bonds. The topological polar surface area (TPSA) is 95.9 Å². The fraction of sp³-hybridized carbons (Fsp3) is 0.318. The Hall–Kier alpha value is -3.25. The summed E-state index contributed by atoms with van der Waals surface area (Å²) in [6, 6.07) is 9.23. The maximum atomic E-state index is 13.5. The monoisotopic (exact) mass is 498 g/mol. The normalized spacial score (nSPS) is 18.6. The number of aryl methyl sites for hydroxylation is 1. The summed E-state index contributed by atoms with van der Waals surface area (Å²) in [5, 5.41) is 2.98. The SMILES string of the molecule is COc1cc2c(ccn2S(=O)(=O)c2ccccc2C)c2c1OCCNC2(C)OC(=O)C(F)(F)F. The fourth-order valence-corrected chi connectivity index (χ4v) is 5.57. The van der Waals surface area contributed by atoms with Crippen LogP contribution in [0.1, 0.15) is 18.1 Å². The van der Waals surface area contributed by atoms with Gasteiger partial charge in [-0.05, 0) is 31.5 Å². The van der Waals surface area contributed by atoms with Gasteiger partial charge in [0.25, 0.3) is 10.0 Å². The van der Waals surface area contributed by atoms with Gasteiger partial charge in [0.05, 0.1) is 23.1 Å². The molecule has 1 aromatic heterocycles. The summed E-state index contributed by atoms with van der Waals surface area (Å²) in [4.78, 5) is 11.8. The van der Waals surface area contributed by atoms with Crippen LogP contribution in [0.5, 0.6) is 11.5 Å². The number of carbonyl (C=O) groups is 1. The molecular weight excluding hydrogens is 477 g/mol. The minimum absolute atomic E-state index is 0.00989. The number of methoxy groups -OCH3 is 1. The van der Waals surface area contributed by atoms with Crippen LogP contribution in [0.3, 0.4) is 0 Å². The molecule has 182 valence electrons. The first kappa shape index (κ1) is 23.9. The third kappa shape index (κ3) is 3.86. The molecule has 2 aromatic carbocycles. The minimum Gasteiger partial charge on any atom is -0.493 e. The molecule has 4 rings (SSSR count). The lowest BCUT2D eigenvalue weighted by atomic mass is 9.98. The van der Waals surface area contributed by atoms with Crippen LogP contribution in [-0.4, -0.2) is 44.8 Å². The molecule has 1 aliphatic rings. The van der Waals surface area contributed by atoms with Crippen molar-refractivity contribution in [1.82, 2.24) is 9.29 Å². The van der Waals surface area contributed by atoms with E-state index in [0.717, 1.165) is 3.97 Å². The Morgan fingerprint density at radius 1 is 1.24 bits per heavy atom. The number of ether oxygens (including phenoxy) is 3. The highest BCUT2D eigenvalue weighted by Gasteiger charge is 2.48. The molecule has 1 atom stereocenters. The number of esters is 1. The fourth-order valence-electron chi connectivity index (χ4n) is 4.01. The van der Waals surface area contributed by atoms with Gasteiger partial charge in [-0.25, -0.2) is 17.2 Å². The molecule has 1 aliphatic heterocycles. The van der Waals surface area contributed by atoms with Crippen LogP contribution in [0.2, 0.25) is 0 Å². The quantitative estimate of drug-likeness (QED) is 0.551. The number of hydrogen-bond acceptors (Lipinski definition) is 7.